The van der Waals surface area contributed by atoms with E-state index in [0.717, 1.165) is 5.56 Å². The lowest BCUT2D eigenvalue weighted by molar-refractivity contribution is -0.137. The van der Waals surface area contributed by atoms with E-state index in [-0.39, 0.29) is 18.4 Å². The molecule has 0 unspecified atom stereocenters. The number of hydrogen-bond acceptors (Lipinski definition) is 3. The number of hydrogen-bond donors (Lipinski definition) is 0. The molecule has 19 heavy (non-hydrogen) atoms. The van der Waals surface area contributed by atoms with Gasteiger partial charge in [-0.05, 0) is 11.6 Å². The average molecular weight is 299 g/mol. The zero-order valence-corrected chi connectivity index (χ0v) is 12.2. The number of benzene rings is 1. The fourth-order valence-corrected chi connectivity index (χ4v) is 2.89. The molecule has 1 aromatic rings. The Balaban J connectivity index is 1.92. The number of likely N-dealkylation sites (N-methyl/N-ethyl adjacent to an activating group) is 1. The molecule has 2 amide bonds. The summed E-state index contributed by atoms with van der Waals surface area (Å²) >= 11 is 7.60. The minimum Gasteiger partial charge on any atom is -0.340 e. The van der Waals surface area contributed by atoms with Crippen molar-refractivity contribution in [3.8, 4) is 0 Å². The third kappa shape index (κ3) is 3.64. The second-order valence-electron chi connectivity index (χ2n) is 4.41. The third-order valence-corrected chi connectivity index (χ3v) is 4.26. The topological polar surface area (TPSA) is 40.6 Å². The highest BCUT2D eigenvalue weighted by molar-refractivity contribution is 8.00. The molecule has 0 radical (unpaired) electrons. The molecule has 0 aliphatic carbocycles. The zero-order chi connectivity index (χ0) is 13.8. The summed E-state index contributed by atoms with van der Waals surface area (Å²) in [6.45, 7) is 0.598. The molecule has 2 rings (SSSR count). The van der Waals surface area contributed by atoms with Gasteiger partial charge in [0.1, 0.15) is 6.54 Å². The standard InChI is InChI=1S/C13H15ClN2O2S/c1-15(6-10-4-2-3-5-11(10)14)12(17)7-16-9-19-8-13(16)18/h2-5H,6-9H2,1H3. The van der Waals surface area contributed by atoms with E-state index in [1.54, 1.807) is 22.9 Å². The summed E-state index contributed by atoms with van der Waals surface area (Å²) in [5, 5.41) is 0.648. The summed E-state index contributed by atoms with van der Waals surface area (Å²) in [5.74, 6) is 1.03. The molecule has 6 heteroatoms. The van der Waals surface area contributed by atoms with E-state index >= 15 is 0 Å². The van der Waals surface area contributed by atoms with Crippen LogP contribution in [0.15, 0.2) is 24.3 Å². The molecule has 1 heterocycles. The molecule has 4 nitrogen and oxygen atoms in total. The van der Waals surface area contributed by atoms with Gasteiger partial charge in [0.05, 0.1) is 11.6 Å². The molecular formula is C13H15ClN2O2S. The molecular weight excluding hydrogens is 284 g/mol. The first-order valence-electron chi connectivity index (χ1n) is 5.91. The van der Waals surface area contributed by atoms with Crippen LogP contribution in [-0.4, -0.2) is 46.8 Å². The first kappa shape index (κ1) is 14.2. The summed E-state index contributed by atoms with van der Waals surface area (Å²) in [6.07, 6.45) is 0. The molecule has 0 atom stereocenters. The lowest BCUT2D eigenvalue weighted by Crippen LogP contribution is -2.38. The largest absolute Gasteiger partial charge is 0.340 e. The zero-order valence-electron chi connectivity index (χ0n) is 10.6. The number of thioether (sulfide) groups is 1. The maximum atomic E-state index is 12.0. The van der Waals surface area contributed by atoms with Crippen molar-refractivity contribution in [3.05, 3.63) is 34.9 Å². The molecule has 1 aliphatic rings. The molecule has 1 aliphatic heterocycles. The molecule has 0 saturated carbocycles. The smallest absolute Gasteiger partial charge is 0.242 e. The molecule has 0 spiro atoms. The summed E-state index contributed by atoms with van der Waals surface area (Å²) in [6, 6.07) is 7.44. The van der Waals surface area contributed by atoms with Crippen molar-refractivity contribution in [2.24, 2.45) is 0 Å². The van der Waals surface area contributed by atoms with Crippen molar-refractivity contribution in [1.29, 1.82) is 0 Å². The van der Waals surface area contributed by atoms with Crippen LogP contribution in [0.2, 0.25) is 5.02 Å². The third-order valence-electron chi connectivity index (χ3n) is 2.94. The van der Waals surface area contributed by atoms with E-state index in [2.05, 4.69) is 0 Å². The van der Waals surface area contributed by atoms with Crippen molar-refractivity contribution in [3.63, 3.8) is 0 Å². The van der Waals surface area contributed by atoms with E-state index in [1.807, 2.05) is 18.2 Å². The van der Waals surface area contributed by atoms with Crippen LogP contribution in [0.5, 0.6) is 0 Å². The SMILES string of the molecule is CN(Cc1ccccc1Cl)C(=O)CN1CSCC1=O. The highest BCUT2D eigenvalue weighted by atomic mass is 35.5. The van der Waals surface area contributed by atoms with E-state index in [9.17, 15) is 9.59 Å². The monoisotopic (exact) mass is 298 g/mol. The Morgan fingerprint density at radius 2 is 2.21 bits per heavy atom. The highest BCUT2D eigenvalue weighted by Gasteiger charge is 2.24. The number of carbonyl (C=O) groups excluding carboxylic acids is 2. The van der Waals surface area contributed by atoms with Gasteiger partial charge in [0.25, 0.3) is 0 Å². The van der Waals surface area contributed by atoms with Crippen molar-refractivity contribution in [1.82, 2.24) is 9.80 Å². The van der Waals surface area contributed by atoms with Crippen LogP contribution in [0.1, 0.15) is 5.56 Å². The normalized spacial score (nSPS) is 14.8. The van der Waals surface area contributed by atoms with Crippen LogP contribution in [0.25, 0.3) is 0 Å². The van der Waals surface area contributed by atoms with E-state index in [1.165, 1.54) is 11.8 Å². The summed E-state index contributed by atoms with van der Waals surface area (Å²) in [5.41, 5.74) is 0.905. The Bertz CT molecular complexity index is 495. The van der Waals surface area contributed by atoms with Crippen LogP contribution in [0.3, 0.4) is 0 Å². The van der Waals surface area contributed by atoms with Gasteiger partial charge in [-0.3, -0.25) is 9.59 Å². The van der Waals surface area contributed by atoms with Crippen LogP contribution in [0, 0.1) is 0 Å². The Kier molecular flexibility index (Phi) is 4.71. The number of rotatable bonds is 4. The number of amides is 2. The van der Waals surface area contributed by atoms with Crippen molar-refractivity contribution in [2.45, 2.75) is 6.54 Å². The Morgan fingerprint density at radius 3 is 2.84 bits per heavy atom. The minimum absolute atomic E-state index is 0.0319. The summed E-state index contributed by atoms with van der Waals surface area (Å²) in [4.78, 5) is 26.7. The first-order chi connectivity index (χ1) is 9.08. The van der Waals surface area contributed by atoms with Crippen LogP contribution >= 0.6 is 23.4 Å². The lowest BCUT2D eigenvalue weighted by atomic mass is 10.2. The summed E-state index contributed by atoms with van der Waals surface area (Å²) in [7, 11) is 1.72. The molecule has 0 aromatic heterocycles. The predicted molar refractivity (Wildman–Crippen MR) is 77.0 cm³/mol. The fraction of sp³-hybridized carbons (Fsp3) is 0.385. The quantitative estimate of drug-likeness (QED) is 0.851. The highest BCUT2D eigenvalue weighted by Crippen LogP contribution is 2.18. The molecule has 0 N–H and O–H groups in total. The minimum atomic E-state index is -0.0734. The fourth-order valence-electron chi connectivity index (χ4n) is 1.79. The summed E-state index contributed by atoms with van der Waals surface area (Å²) < 4.78 is 0. The van der Waals surface area contributed by atoms with Crippen LogP contribution < -0.4 is 0 Å². The van der Waals surface area contributed by atoms with Gasteiger partial charge in [0, 0.05) is 18.6 Å². The van der Waals surface area contributed by atoms with Crippen molar-refractivity contribution < 1.29 is 9.59 Å². The van der Waals surface area contributed by atoms with Gasteiger partial charge < -0.3 is 9.80 Å². The molecule has 1 aromatic carbocycles. The van der Waals surface area contributed by atoms with Crippen LogP contribution in [0.4, 0.5) is 0 Å². The Morgan fingerprint density at radius 1 is 1.47 bits per heavy atom. The number of carbonyl (C=O) groups is 2. The lowest BCUT2D eigenvalue weighted by Gasteiger charge is -2.21. The molecule has 102 valence electrons. The van der Waals surface area contributed by atoms with Gasteiger partial charge in [-0.15, -0.1) is 11.8 Å². The average Bonchev–Trinajstić information content (AvgIpc) is 2.78. The van der Waals surface area contributed by atoms with Crippen molar-refractivity contribution in [2.75, 3.05) is 25.2 Å². The molecule has 1 saturated heterocycles. The van der Waals surface area contributed by atoms with Crippen LogP contribution in [-0.2, 0) is 16.1 Å². The van der Waals surface area contributed by atoms with E-state index in [0.29, 0.717) is 23.2 Å². The molecule has 0 bridgehead atoms. The van der Waals surface area contributed by atoms with Gasteiger partial charge in [-0.1, -0.05) is 29.8 Å². The first-order valence-corrected chi connectivity index (χ1v) is 7.44. The molecule has 1 fully saturated rings. The van der Waals surface area contributed by atoms with E-state index in [4.69, 9.17) is 11.6 Å². The van der Waals surface area contributed by atoms with Gasteiger partial charge in [0.15, 0.2) is 0 Å². The predicted octanol–water partition coefficient (Wildman–Crippen LogP) is 1.83. The Hall–Kier alpha value is -1.20. The Labute approximate surface area is 121 Å². The van der Waals surface area contributed by atoms with Gasteiger partial charge in [-0.25, -0.2) is 0 Å². The number of halogens is 1. The van der Waals surface area contributed by atoms with Gasteiger partial charge in [-0.2, -0.15) is 0 Å². The van der Waals surface area contributed by atoms with Gasteiger partial charge >= 0.3 is 0 Å². The van der Waals surface area contributed by atoms with Crippen molar-refractivity contribution >= 4 is 35.2 Å². The van der Waals surface area contributed by atoms with Gasteiger partial charge in [0.2, 0.25) is 11.8 Å². The second kappa shape index (κ2) is 6.30. The van der Waals surface area contributed by atoms with E-state index < -0.39 is 0 Å². The maximum absolute atomic E-state index is 12.0. The number of nitrogens with zero attached hydrogens (tertiary/aromatic N) is 2. The maximum Gasteiger partial charge on any atom is 0.242 e. The second-order valence-corrected chi connectivity index (χ2v) is 5.77.